The highest BCUT2D eigenvalue weighted by atomic mass is 127. The molecule has 4 aromatic rings. The van der Waals surface area contributed by atoms with Crippen LogP contribution in [0.4, 0.5) is 17.1 Å². The second-order valence-corrected chi connectivity index (χ2v) is 11.7. The highest BCUT2D eigenvalue weighted by Gasteiger charge is 2.19. The summed E-state index contributed by atoms with van der Waals surface area (Å²) in [5.41, 5.74) is 1.88. The van der Waals surface area contributed by atoms with E-state index in [1.165, 1.54) is 42.1 Å². The highest BCUT2D eigenvalue weighted by molar-refractivity contribution is 14.1. The number of hydrogen-bond donors (Lipinski definition) is 3. The number of anilines is 2. The lowest BCUT2D eigenvalue weighted by molar-refractivity contribution is -0.384. The van der Waals surface area contributed by atoms with Crippen molar-refractivity contribution in [1.82, 2.24) is 5.32 Å². The van der Waals surface area contributed by atoms with Crippen molar-refractivity contribution < 1.29 is 19.3 Å². The van der Waals surface area contributed by atoms with Gasteiger partial charge in [0, 0.05) is 37.5 Å². The first-order valence-corrected chi connectivity index (χ1v) is 15.1. The lowest BCUT2D eigenvalue weighted by Gasteiger charge is -2.16. The van der Waals surface area contributed by atoms with Gasteiger partial charge in [0.1, 0.15) is 5.70 Å². The van der Waals surface area contributed by atoms with Crippen molar-refractivity contribution in [1.29, 1.82) is 0 Å². The molecule has 0 aromatic heterocycles. The molecule has 218 valence electrons. The van der Waals surface area contributed by atoms with Gasteiger partial charge in [-0.1, -0.05) is 31.2 Å². The van der Waals surface area contributed by atoms with Gasteiger partial charge in [0.25, 0.3) is 17.5 Å². The van der Waals surface area contributed by atoms with Gasteiger partial charge in [-0.05, 0) is 107 Å². The number of nitro groups is 1. The smallest absolute Gasteiger partial charge is 0.272 e. The van der Waals surface area contributed by atoms with Crippen LogP contribution in [0.1, 0.15) is 29.3 Å². The summed E-state index contributed by atoms with van der Waals surface area (Å²) < 4.78 is 1.07. The van der Waals surface area contributed by atoms with E-state index in [1.54, 1.807) is 48.5 Å². The van der Waals surface area contributed by atoms with Crippen molar-refractivity contribution in [3.63, 3.8) is 0 Å². The quantitative estimate of drug-likeness (QED) is 0.0501. The van der Waals surface area contributed by atoms with E-state index in [2.05, 4.69) is 38.5 Å². The molecule has 1 atom stereocenters. The van der Waals surface area contributed by atoms with Crippen LogP contribution in [0.15, 0.2) is 114 Å². The SMILES string of the molecule is CCC(Sc1cccc(NC(=O)/C(=C\c2ccc([N+](=O)[O-])cc2)NC(=O)c2ccccc2)c1)C(=O)Nc1ccc(I)cc1. The number of non-ortho nitro benzene ring substituents is 1. The Morgan fingerprint density at radius 3 is 2.23 bits per heavy atom. The van der Waals surface area contributed by atoms with Crippen LogP contribution in [0.2, 0.25) is 0 Å². The number of thioether (sulfide) groups is 1. The molecule has 4 rings (SSSR count). The molecule has 0 aliphatic heterocycles. The average Bonchev–Trinajstić information content (AvgIpc) is 3.01. The summed E-state index contributed by atoms with van der Waals surface area (Å²) in [4.78, 5) is 50.6. The van der Waals surface area contributed by atoms with Crippen LogP contribution < -0.4 is 16.0 Å². The van der Waals surface area contributed by atoms with Crippen LogP contribution in [-0.4, -0.2) is 27.9 Å². The predicted octanol–water partition coefficient (Wildman–Crippen LogP) is 7.12. The summed E-state index contributed by atoms with van der Waals surface area (Å²) in [6, 6.07) is 28.7. The summed E-state index contributed by atoms with van der Waals surface area (Å²) in [6.45, 7) is 1.93. The third-order valence-corrected chi connectivity index (χ3v) is 8.17. The lowest BCUT2D eigenvalue weighted by atomic mass is 10.1. The van der Waals surface area contributed by atoms with Crippen LogP contribution in [0.25, 0.3) is 6.08 Å². The Morgan fingerprint density at radius 1 is 0.884 bits per heavy atom. The normalized spacial score (nSPS) is 11.7. The zero-order chi connectivity index (χ0) is 30.8. The minimum absolute atomic E-state index is 0.0518. The van der Waals surface area contributed by atoms with E-state index in [1.807, 2.05) is 37.3 Å². The Bertz CT molecular complexity index is 1640. The molecular formula is C32H27IN4O5S. The number of halogens is 1. The number of nitrogens with one attached hydrogen (secondary N) is 3. The molecule has 0 saturated carbocycles. The third kappa shape index (κ3) is 9.25. The molecule has 4 aromatic carbocycles. The van der Waals surface area contributed by atoms with Crippen molar-refractivity contribution in [2.45, 2.75) is 23.5 Å². The summed E-state index contributed by atoms with van der Waals surface area (Å²) >= 11 is 3.58. The number of amides is 3. The van der Waals surface area contributed by atoms with E-state index in [9.17, 15) is 24.5 Å². The van der Waals surface area contributed by atoms with Crippen molar-refractivity contribution in [3.8, 4) is 0 Å². The minimum Gasteiger partial charge on any atom is -0.325 e. The lowest BCUT2D eigenvalue weighted by Crippen LogP contribution is -2.30. The van der Waals surface area contributed by atoms with Crippen LogP contribution in [0, 0.1) is 13.7 Å². The fraction of sp³-hybridized carbons (Fsp3) is 0.0938. The van der Waals surface area contributed by atoms with Crippen molar-refractivity contribution in [2.75, 3.05) is 10.6 Å². The molecule has 43 heavy (non-hydrogen) atoms. The van der Waals surface area contributed by atoms with Crippen molar-refractivity contribution in [3.05, 3.63) is 134 Å². The number of nitro benzene ring substituents is 1. The van der Waals surface area contributed by atoms with Crippen LogP contribution in [-0.2, 0) is 9.59 Å². The largest absolute Gasteiger partial charge is 0.325 e. The number of rotatable bonds is 11. The van der Waals surface area contributed by atoms with Crippen molar-refractivity contribution in [2.24, 2.45) is 0 Å². The molecule has 11 heteroatoms. The second-order valence-electron chi connectivity index (χ2n) is 9.22. The van der Waals surface area contributed by atoms with E-state index < -0.39 is 16.7 Å². The van der Waals surface area contributed by atoms with Gasteiger partial charge in [0.05, 0.1) is 10.2 Å². The van der Waals surface area contributed by atoms with Crippen molar-refractivity contribution >= 4 is 75.2 Å². The van der Waals surface area contributed by atoms with Gasteiger partial charge < -0.3 is 16.0 Å². The van der Waals surface area contributed by atoms with E-state index >= 15 is 0 Å². The summed E-state index contributed by atoms with van der Waals surface area (Å²) in [6.07, 6.45) is 2.03. The fourth-order valence-corrected chi connectivity index (χ4v) is 5.26. The van der Waals surface area contributed by atoms with Crippen LogP contribution in [0.5, 0.6) is 0 Å². The first kappa shape index (κ1) is 31.4. The fourth-order valence-electron chi connectivity index (χ4n) is 3.89. The average molecular weight is 707 g/mol. The maximum atomic E-state index is 13.4. The molecule has 0 saturated heterocycles. The van der Waals surface area contributed by atoms with Gasteiger partial charge in [-0.3, -0.25) is 24.5 Å². The molecule has 0 aliphatic rings. The Hall–Kier alpha value is -4.49. The Balaban J connectivity index is 1.51. The van der Waals surface area contributed by atoms with Gasteiger partial charge in [0.2, 0.25) is 5.91 Å². The third-order valence-electron chi connectivity index (χ3n) is 6.09. The van der Waals surface area contributed by atoms with E-state index in [0.29, 0.717) is 23.2 Å². The maximum Gasteiger partial charge on any atom is 0.272 e. The molecule has 0 aliphatic carbocycles. The molecule has 0 radical (unpaired) electrons. The van der Waals surface area contributed by atoms with Crippen LogP contribution in [0.3, 0.4) is 0 Å². The Kier molecular flexibility index (Phi) is 11.1. The molecule has 9 nitrogen and oxygen atoms in total. The van der Waals surface area contributed by atoms with E-state index in [-0.39, 0.29) is 22.5 Å². The van der Waals surface area contributed by atoms with Gasteiger partial charge in [-0.2, -0.15) is 0 Å². The Morgan fingerprint density at radius 2 is 1.58 bits per heavy atom. The predicted molar refractivity (Wildman–Crippen MR) is 178 cm³/mol. The van der Waals surface area contributed by atoms with Crippen LogP contribution >= 0.6 is 34.4 Å². The number of carbonyl (C=O) groups is 3. The zero-order valence-corrected chi connectivity index (χ0v) is 25.9. The van der Waals surface area contributed by atoms with E-state index in [0.717, 1.165) is 14.2 Å². The second kappa shape index (κ2) is 15.1. The highest BCUT2D eigenvalue weighted by Crippen LogP contribution is 2.29. The molecule has 3 amide bonds. The molecule has 1 unspecified atom stereocenters. The molecule has 0 bridgehead atoms. The topological polar surface area (TPSA) is 130 Å². The zero-order valence-electron chi connectivity index (χ0n) is 23.0. The monoisotopic (exact) mass is 706 g/mol. The molecule has 0 fully saturated rings. The van der Waals surface area contributed by atoms with Gasteiger partial charge >= 0.3 is 0 Å². The number of benzene rings is 4. The summed E-state index contributed by atoms with van der Waals surface area (Å²) in [5.74, 6) is -1.20. The number of hydrogen-bond acceptors (Lipinski definition) is 6. The first-order valence-electron chi connectivity index (χ1n) is 13.2. The number of nitrogens with zero attached hydrogens (tertiary/aromatic N) is 1. The molecule has 3 N–H and O–H groups in total. The first-order chi connectivity index (χ1) is 20.7. The minimum atomic E-state index is -0.590. The molecule has 0 spiro atoms. The number of carbonyl (C=O) groups excluding carboxylic acids is 3. The van der Waals surface area contributed by atoms with E-state index in [4.69, 9.17) is 0 Å². The molecular weight excluding hydrogens is 679 g/mol. The van der Waals surface area contributed by atoms with Gasteiger partial charge in [-0.25, -0.2) is 0 Å². The van der Waals surface area contributed by atoms with Gasteiger partial charge in [-0.15, -0.1) is 11.8 Å². The summed E-state index contributed by atoms with van der Waals surface area (Å²) in [5, 5.41) is 19.1. The maximum absolute atomic E-state index is 13.4. The Labute approximate surface area is 266 Å². The molecule has 0 heterocycles. The van der Waals surface area contributed by atoms with Gasteiger partial charge in [0.15, 0.2) is 0 Å². The standard InChI is InChI=1S/C32H27IN4O5S/c1-2-29(32(40)34-24-15-13-23(33)14-16-24)43-27-10-6-9-25(20-27)35-31(39)28(36-30(38)22-7-4-3-5-8-22)19-21-11-17-26(18-12-21)37(41)42/h3-20,29H,2H2,1H3,(H,34,40)(H,35,39)(H,36,38)/b28-19+. The summed E-state index contributed by atoms with van der Waals surface area (Å²) in [7, 11) is 0.